The normalized spacial score (nSPS) is 10.8. The largest absolute Gasteiger partial charge is 0.435 e. The molecule has 0 atom stereocenters. The van der Waals surface area contributed by atoms with Crippen LogP contribution in [0.4, 0.5) is 4.39 Å². The van der Waals surface area contributed by atoms with Crippen LogP contribution in [0.15, 0.2) is 53.0 Å². The van der Waals surface area contributed by atoms with Gasteiger partial charge in [0.15, 0.2) is 11.6 Å². The second kappa shape index (κ2) is 5.79. The van der Waals surface area contributed by atoms with Gasteiger partial charge < -0.3 is 10.5 Å². The maximum atomic E-state index is 13.9. The van der Waals surface area contributed by atoms with Gasteiger partial charge in [-0.25, -0.2) is 9.37 Å². The van der Waals surface area contributed by atoms with Crippen LogP contribution in [-0.2, 0) is 6.54 Å². The first-order valence-electron chi connectivity index (χ1n) is 6.39. The molecule has 0 bridgehead atoms. The first kappa shape index (κ1) is 14.0. The molecule has 21 heavy (non-hydrogen) atoms. The number of hydrogen-bond donors (Lipinski definition) is 1. The smallest absolute Gasteiger partial charge is 0.227 e. The Balaban J connectivity index is 2.10. The minimum atomic E-state index is -0.451. The predicted octanol–water partition coefficient (Wildman–Crippen LogP) is 4.39. The van der Waals surface area contributed by atoms with E-state index in [-0.39, 0.29) is 5.75 Å². The lowest BCUT2D eigenvalue weighted by Gasteiger charge is -2.10. The second-order valence-corrected chi connectivity index (χ2v) is 5.44. The Labute approximate surface area is 129 Å². The Morgan fingerprint density at radius 2 is 1.95 bits per heavy atom. The predicted molar refractivity (Wildman–Crippen MR) is 83.8 cm³/mol. The summed E-state index contributed by atoms with van der Waals surface area (Å²) in [7, 11) is 0. The minimum absolute atomic E-state index is 0.130. The Morgan fingerprint density at radius 1 is 1.14 bits per heavy atom. The molecule has 3 aromatic rings. The van der Waals surface area contributed by atoms with E-state index in [1.54, 1.807) is 12.1 Å². The van der Waals surface area contributed by atoms with E-state index in [9.17, 15) is 4.39 Å². The first-order chi connectivity index (χ1) is 10.2. The van der Waals surface area contributed by atoms with Gasteiger partial charge in [-0.1, -0.05) is 34.1 Å². The Morgan fingerprint density at radius 3 is 2.71 bits per heavy atom. The molecule has 3 rings (SSSR count). The molecule has 2 aromatic carbocycles. The summed E-state index contributed by atoms with van der Waals surface area (Å²) >= 11 is 3.22. The molecular formula is C16H12BrFN2O. The molecule has 1 heterocycles. The van der Waals surface area contributed by atoms with E-state index in [0.29, 0.717) is 22.6 Å². The monoisotopic (exact) mass is 346 g/mol. The molecule has 0 aliphatic carbocycles. The lowest BCUT2D eigenvalue weighted by Crippen LogP contribution is -2.01. The Bertz CT molecular complexity index is 807. The van der Waals surface area contributed by atoms with Gasteiger partial charge in [-0.3, -0.25) is 0 Å². The summed E-state index contributed by atoms with van der Waals surface area (Å²) in [5.41, 5.74) is 6.35. The van der Waals surface area contributed by atoms with E-state index in [0.717, 1.165) is 10.8 Å². The third kappa shape index (κ3) is 2.89. The van der Waals surface area contributed by atoms with Gasteiger partial charge in [-0.05, 0) is 35.7 Å². The van der Waals surface area contributed by atoms with Crippen molar-refractivity contribution in [3.8, 4) is 11.6 Å². The summed E-state index contributed by atoms with van der Waals surface area (Å²) < 4.78 is 20.2. The lowest BCUT2D eigenvalue weighted by atomic mass is 10.1. The second-order valence-electron chi connectivity index (χ2n) is 4.52. The van der Waals surface area contributed by atoms with Crippen molar-refractivity contribution >= 4 is 26.7 Å². The number of rotatable bonds is 3. The summed E-state index contributed by atoms with van der Waals surface area (Å²) in [5.74, 6) is 0.0354. The van der Waals surface area contributed by atoms with Crippen molar-refractivity contribution < 1.29 is 9.13 Å². The van der Waals surface area contributed by atoms with Gasteiger partial charge in [0.05, 0.1) is 5.69 Å². The zero-order valence-corrected chi connectivity index (χ0v) is 12.6. The van der Waals surface area contributed by atoms with Crippen LogP contribution in [0.2, 0.25) is 0 Å². The van der Waals surface area contributed by atoms with E-state index >= 15 is 0 Å². The van der Waals surface area contributed by atoms with Crippen molar-refractivity contribution in [2.75, 3.05) is 0 Å². The highest BCUT2D eigenvalue weighted by Crippen LogP contribution is 2.31. The number of pyridine rings is 1. The number of nitrogens with zero attached hydrogens (tertiary/aromatic N) is 1. The van der Waals surface area contributed by atoms with Gasteiger partial charge in [-0.2, -0.15) is 0 Å². The average Bonchev–Trinajstić information content (AvgIpc) is 2.49. The zero-order valence-electron chi connectivity index (χ0n) is 11.0. The summed E-state index contributed by atoms with van der Waals surface area (Å²) in [6.07, 6.45) is 0. The fourth-order valence-electron chi connectivity index (χ4n) is 2.06. The molecule has 0 radical (unpaired) electrons. The molecule has 0 unspecified atom stereocenters. The first-order valence-corrected chi connectivity index (χ1v) is 7.18. The quantitative estimate of drug-likeness (QED) is 0.765. The Kier molecular flexibility index (Phi) is 3.86. The summed E-state index contributed by atoms with van der Waals surface area (Å²) in [4.78, 5) is 4.35. The van der Waals surface area contributed by atoms with Gasteiger partial charge in [0.2, 0.25) is 5.88 Å². The molecule has 3 nitrogen and oxygen atoms in total. The van der Waals surface area contributed by atoms with E-state index in [2.05, 4.69) is 20.9 Å². The number of hydrogen-bond acceptors (Lipinski definition) is 3. The number of benzene rings is 2. The van der Waals surface area contributed by atoms with Gasteiger partial charge in [0, 0.05) is 16.4 Å². The maximum absolute atomic E-state index is 13.9. The van der Waals surface area contributed by atoms with Gasteiger partial charge in [0.1, 0.15) is 0 Å². The van der Waals surface area contributed by atoms with Gasteiger partial charge in [0.25, 0.3) is 0 Å². The molecule has 0 aliphatic rings. The number of ether oxygens (including phenoxy) is 1. The third-order valence-corrected chi connectivity index (χ3v) is 3.56. The van der Waals surface area contributed by atoms with Crippen molar-refractivity contribution in [3.63, 3.8) is 0 Å². The highest BCUT2D eigenvalue weighted by atomic mass is 79.9. The molecule has 0 saturated heterocycles. The van der Waals surface area contributed by atoms with Crippen LogP contribution >= 0.6 is 15.9 Å². The number of aromatic nitrogens is 1. The minimum Gasteiger partial charge on any atom is -0.435 e. The van der Waals surface area contributed by atoms with Gasteiger partial charge in [-0.15, -0.1) is 0 Å². The van der Waals surface area contributed by atoms with E-state index < -0.39 is 5.82 Å². The van der Waals surface area contributed by atoms with Crippen molar-refractivity contribution in [2.45, 2.75) is 6.54 Å². The van der Waals surface area contributed by atoms with Crippen LogP contribution in [0.5, 0.6) is 11.6 Å². The van der Waals surface area contributed by atoms with Crippen LogP contribution in [-0.4, -0.2) is 4.98 Å². The zero-order chi connectivity index (χ0) is 14.8. The molecule has 0 saturated carbocycles. The van der Waals surface area contributed by atoms with Crippen molar-refractivity contribution in [2.24, 2.45) is 5.73 Å². The molecule has 0 spiro atoms. The van der Waals surface area contributed by atoms with Crippen LogP contribution in [0.25, 0.3) is 10.8 Å². The van der Waals surface area contributed by atoms with Crippen LogP contribution in [0.1, 0.15) is 5.69 Å². The van der Waals surface area contributed by atoms with Crippen LogP contribution in [0.3, 0.4) is 0 Å². The number of halogens is 2. The van der Waals surface area contributed by atoms with Gasteiger partial charge >= 0.3 is 0 Å². The SMILES string of the molecule is NCc1cc2ccccc2c(Oc2ccc(Br)cc2F)n1. The molecule has 0 fully saturated rings. The Hall–Kier alpha value is -1.98. The van der Waals surface area contributed by atoms with E-state index in [4.69, 9.17) is 10.5 Å². The molecule has 0 aliphatic heterocycles. The topological polar surface area (TPSA) is 48.1 Å². The highest BCUT2D eigenvalue weighted by Gasteiger charge is 2.11. The highest BCUT2D eigenvalue weighted by molar-refractivity contribution is 9.10. The maximum Gasteiger partial charge on any atom is 0.227 e. The molecule has 106 valence electrons. The fraction of sp³-hybridized carbons (Fsp3) is 0.0625. The van der Waals surface area contributed by atoms with Crippen LogP contribution < -0.4 is 10.5 Å². The van der Waals surface area contributed by atoms with Crippen LogP contribution in [0, 0.1) is 5.82 Å². The van der Waals surface area contributed by atoms with Crippen molar-refractivity contribution in [1.82, 2.24) is 4.98 Å². The van der Waals surface area contributed by atoms with Crippen molar-refractivity contribution in [3.05, 3.63) is 64.5 Å². The standard InChI is InChI=1S/C16H12BrFN2O/c17-11-5-6-15(14(18)8-11)21-16-13-4-2-1-3-10(13)7-12(9-19)20-16/h1-8H,9,19H2. The average molecular weight is 347 g/mol. The fourth-order valence-corrected chi connectivity index (χ4v) is 2.40. The summed E-state index contributed by atoms with van der Waals surface area (Å²) in [6.45, 7) is 0.296. The summed E-state index contributed by atoms with van der Waals surface area (Å²) in [5, 5.41) is 1.78. The third-order valence-electron chi connectivity index (χ3n) is 3.07. The number of fused-ring (bicyclic) bond motifs is 1. The molecular weight excluding hydrogens is 335 g/mol. The molecule has 0 amide bonds. The number of nitrogens with two attached hydrogens (primary N) is 1. The molecule has 1 aromatic heterocycles. The molecule has 2 N–H and O–H groups in total. The summed E-state index contributed by atoms with van der Waals surface area (Å²) in [6, 6.07) is 14.2. The van der Waals surface area contributed by atoms with E-state index in [1.807, 2.05) is 30.3 Å². The lowest BCUT2D eigenvalue weighted by molar-refractivity contribution is 0.430. The van der Waals surface area contributed by atoms with E-state index in [1.165, 1.54) is 6.07 Å². The molecule has 5 heteroatoms. The van der Waals surface area contributed by atoms with Crippen molar-refractivity contribution in [1.29, 1.82) is 0 Å².